The predicted octanol–water partition coefficient (Wildman–Crippen LogP) is 15.6. The van der Waals surface area contributed by atoms with Crippen LogP contribution in [0.15, 0.2) is 182 Å². The van der Waals surface area contributed by atoms with E-state index in [9.17, 15) is 0 Å². The molecule has 0 amide bonds. The van der Waals surface area contributed by atoms with Crippen molar-refractivity contribution >= 4 is 102 Å². The van der Waals surface area contributed by atoms with Crippen molar-refractivity contribution in [2.75, 3.05) is 0 Å². The molecule has 13 rings (SSSR count). The smallest absolute Gasteiger partial charge is 0.0641 e. The maximum Gasteiger partial charge on any atom is 0.0641 e. The third-order valence-corrected chi connectivity index (χ3v) is 14.8. The van der Waals surface area contributed by atoms with Crippen molar-refractivity contribution in [2.45, 2.75) is 12.8 Å². The van der Waals surface area contributed by atoms with Gasteiger partial charge in [0.05, 0.1) is 43.0 Å². The maximum absolute atomic E-state index is 2.57. The molecule has 4 aromatic heterocycles. The van der Waals surface area contributed by atoms with Gasteiger partial charge in [0, 0.05) is 52.8 Å². The summed E-state index contributed by atoms with van der Waals surface area (Å²) >= 11 is 3.83. The van der Waals surface area contributed by atoms with Crippen molar-refractivity contribution in [1.29, 1.82) is 0 Å². The normalized spacial score (nSPS) is 13.1. The summed E-state index contributed by atoms with van der Waals surface area (Å²) in [5, 5.41) is 9.13. The first-order valence-electron chi connectivity index (χ1n) is 20.1. The Balaban J connectivity index is 1.06. The predicted molar refractivity (Wildman–Crippen MR) is 251 cm³/mol. The Morgan fingerprint density at radius 3 is 1.67 bits per heavy atom. The van der Waals surface area contributed by atoms with E-state index in [1.54, 1.807) is 0 Å². The average Bonchev–Trinajstić information content (AvgIpc) is 4.04. The van der Waals surface area contributed by atoms with Gasteiger partial charge in [0.2, 0.25) is 0 Å². The van der Waals surface area contributed by atoms with Crippen molar-refractivity contribution in [1.82, 2.24) is 9.13 Å². The average molecular weight is 775 g/mol. The van der Waals surface area contributed by atoms with Crippen LogP contribution in [0.2, 0.25) is 0 Å². The Hall–Kier alpha value is -6.72. The Labute approximate surface area is 342 Å². The summed E-state index contributed by atoms with van der Waals surface area (Å²) in [6.07, 6.45) is 4.59. The zero-order valence-corrected chi connectivity index (χ0v) is 33.1. The minimum absolute atomic E-state index is 1.03. The Kier molecular flexibility index (Phi) is 6.91. The molecule has 272 valence electrons. The van der Waals surface area contributed by atoms with Crippen LogP contribution >= 0.6 is 22.7 Å². The number of nitrogens with zero attached hydrogens (tertiary/aromatic N) is 2. The van der Waals surface area contributed by atoms with Crippen LogP contribution in [0.3, 0.4) is 0 Å². The van der Waals surface area contributed by atoms with Crippen molar-refractivity contribution in [2.24, 2.45) is 0 Å². The van der Waals surface area contributed by atoms with Crippen LogP contribution in [-0.2, 0) is 6.42 Å². The number of aryl methyl sites for hydroxylation is 1. The van der Waals surface area contributed by atoms with E-state index in [4.69, 9.17) is 0 Å². The van der Waals surface area contributed by atoms with Crippen LogP contribution < -0.4 is 0 Å². The molecule has 0 saturated heterocycles. The summed E-state index contributed by atoms with van der Waals surface area (Å²) in [4.78, 5) is 1.40. The molecule has 1 aliphatic carbocycles. The first-order chi connectivity index (χ1) is 28.8. The first-order valence-corrected chi connectivity index (χ1v) is 21.7. The third-order valence-electron chi connectivity index (χ3n) is 12.4. The van der Waals surface area contributed by atoms with Crippen molar-refractivity contribution < 1.29 is 0 Å². The van der Waals surface area contributed by atoms with Gasteiger partial charge in [-0.2, -0.15) is 0 Å². The second-order valence-corrected chi connectivity index (χ2v) is 17.6. The van der Waals surface area contributed by atoms with Gasteiger partial charge in [-0.05, 0) is 71.3 Å². The highest BCUT2D eigenvalue weighted by Gasteiger charge is 2.25. The van der Waals surface area contributed by atoms with Crippen LogP contribution in [0, 0.1) is 0 Å². The topological polar surface area (TPSA) is 9.86 Å². The molecule has 8 aromatic carbocycles. The number of benzene rings is 8. The first kappa shape index (κ1) is 32.4. The lowest BCUT2D eigenvalue weighted by Crippen LogP contribution is -2.05. The molecule has 12 aromatic rings. The van der Waals surface area contributed by atoms with E-state index in [0.29, 0.717) is 0 Å². The van der Waals surface area contributed by atoms with Gasteiger partial charge in [0.15, 0.2) is 0 Å². The SMILES string of the molecule is C1=C(n2c3ccccc3c3cccc(-c4cccc(-c5cccc6c7ccccc7n(-c7cccc8c7sc7ccccc78)c56)c4)c32)c2sc3ccccc3c2CC1. The molecule has 1 aliphatic rings. The number of hydrogen-bond acceptors (Lipinski definition) is 2. The number of fused-ring (bicyclic) bond motifs is 12. The van der Waals surface area contributed by atoms with Crippen LogP contribution in [0.4, 0.5) is 0 Å². The lowest BCUT2D eigenvalue weighted by molar-refractivity contribution is 0.978. The monoisotopic (exact) mass is 774 g/mol. The van der Waals surface area contributed by atoms with E-state index in [1.165, 1.54) is 118 Å². The molecular weight excluding hydrogens is 741 g/mol. The van der Waals surface area contributed by atoms with Crippen molar-refractivity contribution in [3.8, 4) is 27.9 Å². The second-order valence-electron chi connectivity index (χ2n) is 15.5. The molecular formula is C54H34N2S2. The molecule has 0 aliphatic heterocycles. The molecule has 0 saturated carbocycles. The highest BCUT2D eigenvalue weighted by molar-refractivity contribution is 7.26. The number of thiophene rings is 2. The van der Waals surface area contributed by atoms with E-state index < -0.39 is 0 Å². The van der Waals surface area contributed by atoms with Gasteiger partial charge < -0.3 is 9.13 Å². The molecule has 0 atom stereocenters. The summed E-state index contributed by atoms with van der Waals surface area (Å²) in [6.45, 7) is 0. The molecule has 0 bridgehead atoms. The molecule has 4 heterocycles. The zero-order valence-electron chi connectivity index (χ0n) is 31.4. The fourth-order valence-electron chi connectivity index (χ4n) is 9.96. The van der Waals surface area contributed by atoms with Crippen molar-refractivity contribution in [3.63, 3.8) is 0 Å². The minimum atomic E-state index is 1.03. The van der Waals surface area contributed by atoms with Crippen LogP contribution in [0.25, 0.3) is 108 Å². The fraction of sp³-hybridized carbons (Fsp3) is 0.0370. The molecule has 58 heavy (non-hydrogen) atoms. The number of allylic oxidation sites excluding steroid dienone is 1. The highest BCUT2D eigenvalue weighted by Crippen LogP contribution is 2.47. The Bertz CT molecular complexity index is 3700. The molecule has 4 heteroatoms. The van der Waals surface area contributed by atoms with E-state index >= 15 is 0 Å². The van der Waals surface area contributed by atoms with Gasteiger partial charge in [-0.3, -0.25) is 0 Å². The number of aromatic nitrogens is 2. The van der Waals surface area contributed by atoms with Crippen LogP contribution in [0.1, 0.15) is 16.9 Å². The Morgan fingerprint density at radius 1 is 0.414 bits per heavy atom. The quantitative estimate of drug-likeness (QED) is 0.169. The largest absolute Gasteiger partial charge is 0.308 e. The molecule has 0 radical (unpaired) electrons. The summed E-state index contributed by atoms with van der Waals surface area (Å²) in [6, 6.07) is 65.4. The highest BCUT2D eigenvalue weighted by atomic mass is 32.1. The van der Waals surface area contributed by atoms with E-state index in [2.05, 4.69) is 191 Å². The second kappa shape index (κ2) is 12.4. The maximum atomic E-state index is 2.57. The summed E-state index contributed by atoms with van der Waals surface area (Å²) in [5.74, 6) is 0. The summed E-state index contributed by atoms with van der Waals surface area (Å²) < 4.78 is 9.10. The van der Waals surface area contributed by atoms with Crippen molar-refractivity contribution in [3.05, 3.63) is 192 Å². The number of rotatable bonds is 4. The zero-order chi connectivity index (χ0) is 37.9. The fourth-order valence-corrected chi connectivity index (χ4v) is 12.4. The molecule has 2 nitrogen and oxygen atoms in total. The molecule has 0 N–H and O–H groups in total. The van der Waals surface area contributed by atoms with Gasteiger partial charge in [0.25, 0.3) is 0 Å². The summed E-state index contributed by atoms with van der Waals surface area (Å²) in [7, 11) is 0. The van der Waals surface area contributed by atoms with Gasteiger partial charge in [-0.25, -0.2) is 0 Å². The van der Waals surface area contributed by atoms with Crippen LogP contribution in [-0.4, -0.2) is 9.13 Å². The van der Waals surface area contributed by atoms with E-state index in [-0.39, 0.29) is 0 Å². The molecule has 0 unspecified atom stereocenters. The third kappa shape index (κ3) is 4.53. The van der Waals surface area contributed by atoms with E-state index in [1.807, 2.05) is 22.7 Å². The molecule has 0 spiro atoms. The molecule has 0 fully saturated rings. The van der Waals surface area contributed by atoms with Gasteiger partial charge in [-0.1, -0.05) is 146 Å². The lowest BCUT2D eigenvalue weighted by atomic mass is 9.95. The minimum Gasteiger partial charge on any atom is -0.308 e. The summed E-state index contributed by atoms with van der Waals surface area (Å²) in [5.41, 5.74) is 13.9. The number of para-hydroxylation sites is 4. The number of hydrogen-bond donors (Lipinski definition) is 0. The van der Waals surface area contributed by atoms with Crippen LogP contribution in [0.5, 0.6) is 0 Å². The van der Waals surface area contributed by atoms with Gasteiger partial charge in [-0.15, -0.1) is 22.7 Å². The van der Waals surface area contributed by atoms with Gasteiger partial charge in [0.1, 0.15) is 0 Å². The van der Waals surface area contributed by atoms with Gasteiger partial charge >= 0.3 is 0 Å². The standard InChI is InChI=1S/C54H34N2S2/c1-5-26-45-37(16-1)41-22-10-20-35(51(41)55(45)47-28-12-24-43-39-18-3-7-30-49(39)57-53(43)47)33-14-9-15-34(32-33)36-21-11-23-42-38-17-2-6-27-46(38)56(52(36)42)48-29-13-25-44-40-19-4-8-31-50(40)58-54(44)48/h1-12,14-24,26-32H,13,25H2. The van der Waals surface area contributed by atoms with E-state index in [0.717, 1.165) is 12.8 Å². The Morgan fingerprint density at radius 2 is 0.948 bits per heavy atom. The lowest BCUT2D eigenvalue weighted by Gasteiger charge is -2.19.